The summed E-state index contributed by atoms with van der Waals surface area (Å²) in [6.45, 7) is 0. The van der Waals surface area contributed by atoms with Crippen LogP contribution in [-0.4, -0.2) is 59.7 Å². The second-order valence-electron chi connectivity index (χ2n) is 22.1. The van der Waals surface area contributed by atoms with E-state index in [2.05, 4.69) is 39.8 Å². The molecule has 2 N–H and O–H groups in total. The van der Waals surface area contributed by atoms with Crippen molar-refractivity contribution < 1.29 is 9.13 Å². The molecular formula is C50H78FN3O. The Morgan fingerprint density at radius 2 is 1.16 bits per heavy atom. The van der Waals surface area contributed by atoms with Gasteiger partial charge in [-0.2, -0.15) is 0 Å². The summed E-state index contributed by atoms with van der Waals surface area (Å²) in [4.78, 5) is 3.26. The lowest BCUT2D eigenvalue weighted by Crippen LogP contribution is -2.67. The predicted octanol–water partition coefficient (Wildman–Crippen LogP) is 10.9. The first-order valence-electron chi connectivity index (χ1n) is 25.1. The molecule has 0 amide bonds. The van der Waals surface area contributed by atoms with Crippen LogP contribution < -0.4 is 10.6 Å². The summed E-state index contributed by atoms with van der Waals surface area (Å²) < 4.78 is 20.8. The van der Waals surface area contributed by atoms with Crippen molar-refractivity contribution in [2.75, 3.05) is 0 Å². The van der Waals surface area contributed by atoms with Crippen molar-refractivity contribution in [2.24, 2.45) is 65.1 Å². The van der Waals surface area contributed by atoms with Crippen LogP contribution in [0, 0.1) is 65.1 Å². The third-order valence-electron chi connectivity index (χ3n) is 19.8. The van der Waals surface area contributed by atoms with Crippen molar-refractivity contribution in [2.45, 2.75) is 222 Å². The number of halogens is 1. The zero-order valence-electron chi connectivity index (χ0n) is 34.5. The lowest BCUT2D eigenvalue weighted by molar-refractivity contribution is 0.00975. The summed E-state index contributed by atoms with van der Waals surface area (Å²) in [5, 5.41) is 8.45. The zero-order valence-corrected chi connectivity index (χ0v) is 34.5. The molecule has 4 nitrogen and oxygen atoms in total. The van der Waals surface area contributed by atoms with Crippen LogP contribution in [0.1, 0.15) is 167 Å². The van der Waals surface area contributed by atoms with Crippen LogP contribution in [0.4, 0.5) is 4.39 Å². The van der Waals surface area contributed by atoms with Crippen molar-refractivity contribution in [1.29, 1.82) is 0 Å². The molecule has 11 rings (SSSR count). The van der Waals surface area contributed by atoms with Crippen LogP contribution in [0.25, 0.3) is 0 Å². The summed E-state index contributed by atoms with van der Waals surface area (Å²) in [5.41, 5.74) is 0. The SMILES string of the molecule is FC1CCC(C2NC(C3CCC(N4C5CCCCC5C5CC(C6CCC(C7CCC8OC9C=CCCC9C8C7)CC6)CCC54)CC3)NC3CCC=CC32)CC1. The average Bonchev–Trinajstić information content (AvgIpc) is 3.79. The number of likely N-dealkylation sites (tertiary alicyclic amines) is 1. The van der Waals surface area contributed by atoms with Crippen molar-refractivity contribution in [1.82, 2.24) is 15.5 Å². The number of nitrogens with zero attached hydrogens (tertiary/aromatic N) is 1. The maximum atomic E-state index is 14.2. The van der Waals surface area contributed by atoms with Crippen LogP contribution in [0.3, 0.4) is 0 Å². The molecule has 14 atom stereocenters. The van der Waals surface area contributed by atoms with Crippen LogP contribution >= 0.6 is 0 Å². The molecule has 3 saturated heterocycles. The molecule has 306 valence electrons. The van der Waals surface area contributed by atoms with Crippen LogP contribution in [0.5, 0.6) is 0 Å². The van der Waals surface area contributed by atoms with Crippen molar-refractivity contribution in [3.05, 3.63) is 24.3 Å². The Morgan fingerprint density at radius 1 is 0.509 bits per heavy atom. The summed E-state index contributed by atoms with van der Waals surface area (Å²) in [6.07, 6.45) is 46.2. The third-order valence-corrected chi connectivity index (χ3v) is 19.8. The van der Waals surface area contributed by atoms with E-state index in [4.69, 9.17) is 4.74 Å². The van der Waals surface area contributed by atoms with Gasteiger partial charge in [0.25, 0.3) is 0 Å². The lowest BCUT2D eigenvalue weighted by atomic mass is 9.61. The van der Waals surface area contributed by atoms with E-state index in [0.717, 1.165) is 97.1 Å². The fraction of sp³-hybridized carbons (Fsp3) is 0.920. The van der Waals surface area contributed by atoms with Gasteiger partial charge in [0.2, 0.25) is 0 Å². The highest BCUT2D eigenvalue weighted by Gasteiger charge is 2.55. The van der Waals surface area contributed by atoms with E-state index < -0.39 is 6.17 Å². The Kier molecular flexibility index (Phi) is 10.9. The summed E-state index contributed by atoms with van der Waals surface area (Å²) >= 11 is 0. The zero-order chi connectivity index (χ0) is 36.5. The molecule has 0 radical (unpaired) electrons. The van der Waals surface area contributed by atoms with Gasteiger partial charge in [0, 0.05) is 36.1 Å². The molecule has 14 unspecified atom stereocenters. The first kappa shape index (κ1) is 37.3. The molecule has 0 spiro atoms. The number of ether oxygens (including phenoxy) is 1. The van der Waals surface area contributed by atoms with E-state index >= 15 is 0 Å². The van der Waals surface area contributed by atoms with Crippen LogP contribution in [-0.2, 0) is 4.74 Å². The molecule has 5 heteroatoms. The number of alkyl halides is 1. The smallest absolute Gasteiger partial charge is 0.100 e. The monoisotopic (exact) mass is 756 g/mol. The van der Waals surface area contributed by atoms with Gasteiger partial charge in [-0.1, -0.05) is 37.1 Å². The number of hydrogen-bond donors (Lipinski definition) is 2. The van der Waals surface area contributed by atoms with E-state index in [1.165, 1.54) is 122 Å². The number of allylic oxidation sites excluding steroid dienone is 2. The molecule has 3 heterocycles. The maximum Gasteiger partial charge on any atom is 0.100 e. The molecule has 6 saturated carbocycles. The first-order chi connectivity index (χ1) is 27.1. The van der Waals surface area contributed by atoms with Gasteiger partial charge in [-0.15, -0.1) is 0 Å². The van der Waals surface area contributed by atoms with E-state index in [9.17, 15) is 4.39 Å². The molecule has 3 aliphatic heterocycles. The fourth-order valence-corrected chi connectivity index (χ4v) is 17.2. The second-order valence-corrected chi connectivity index (χ2v) is 22.1. The normalized spacial score (nSPS) is 54.1. The molecule has 0 aromatic rings. The van der Waals surface area contributed by atoms with Gasteiger partial charge in [0.15, 0.2) is 0 Å². The Balaban J connectivity index is 0.700. The quantitative estimate of drug-likeness (QED) is 0.274. The molecule has 55 heavy (non-hydrogen) atoms. The average molecular weight is 756 g/mol. The van der Waals surface area contributed by atoms with Gasteiger partial charge in [0.05, 0.1) is 18.4 Å². The molecule has 0 aromatic heterocycles. The van der Waals surface area contributed by atoms with Crippen LogP contribution in [0.2, 0.25) is 0 Å². The third kappa shape index (κ3) is 7.11. The number of nitrogens with one attached hydrogen (secondary N) is 2. The minimum absolute atomic E-state index is 0.450. The van der Waals surface area contributed by atoms with Crippen molar-refractivity contribution >= 4 is 0 Å². The topological polar surface area (TPSA) is 36.5 Å². The Hall–Kier alpha value is -0.750. The summed E-state index contributed by atoms with van der Waals surface area (Å²) in [5.74, 6) is 9.70. The summed E-state index contributed by atoms with van der Waals surface area (Å²) in [6, 6.07) is 3.76. The Labute approximate surface area is 334 Å². The van der Waals surface area contributed by atoms with E-state index in [-0.39, 0.29) is 0 Å². The van der Waals surface area contributed by atoms with Gasteiger partial charge < -0.3 is 4.74 Å². The van der Waals surface area contributed by atoms with Gasteiger partial charge in [-0.05, 0) is 213 Å². The van der Waals surface area contributed by atoms with E-state index in [1.807, 2.05) is 0 Å². The Bertz CT molecular complexity index is 1360. The largest absolute Gasteiger partial charge is 0.370 e. The standard InChI is InChI=1S/C50H78FN3O/c51-37-23-17-33(18-24-37)49-41-9-1-4-10-44(41)52-50(53-49)34-19-25-38(26-20-34)54-45-11-5-2-7-39(45)42-29-35(21-27-46(42)54)31-13-15-32(16-14-31)36-22-28-48-43(30-36)40-8-3-6-12-47(40)55-48/h1,6,9,12,31-50,52-53H,2-5,7-8,10-11,13-30H2. The highest BCUT2D eigenvalue weighted by molar-refractivity contribution is 5.12. The highest BCUT2D eigenvalue weighted by Crippen LogP contribution is 2.56. The Morgan fingerprint density at radius 3 is 1.98 bits per heavy atom. The van der Waals surface area contributed by atoms with Crippen molar-refractivity contribution in [3.8, 4) is 0 Å². The van der Waals surface area contributed by atoms with Gasteiger partial charge >= 0.3 is 0 Å². The molecule has 9 fully saturated rings. The van der Waals surface area contributed by atoms with E-state index in [1.54, 1.807) is 19.3 Å². The maximum absolute atomic E-state index is 14.2. The van der Waals surface area contributed by atoms with Gasteiger partial charge in [-0.3, -0.25) is 15.5 Å². The molecule has 8 aliphatic carbocycles. The number of hydrogen-bond acceptors (Lipinski definition) is 4. The van der Waals surface area contributed by atoms with Gasteiger partial charge in [-0.25, -0.2) is 4.39 Å². The minimum Gasteiger partial charge on any atom is -0.370 e. The second kappa shape index (κ2) is 16.0. The van der Waals surface area contributed by atoms with Crippen LogP contribution in [0.15, 0.2) is 24.3 Å². The first-order valence-corrected chi connectivity index (χ1v) is 25.1. The fourth-order valence-electron chi connectivity index (χ4n) is 17.2. The minimum atomic E-state index is -0.559. The molecule has 11 aliphatic rings. The lowest BCUT2D eigenvalue weighted by Gasteiger charge is -2.51. The molecule has 0 aromatic carbocycles. The number of rotatable bonds is 5. The van der Waals surface area contributed by atoms with Gasteiger partial charge in [0.1, 0.15) is 6.17 Å². The summed E-state index contributed by atoms with van der Waals surface area (Å²) in [7, 11) is 0. The van der Waals surface area contributed by atoms with Crippen molar-refractivity contribution in [3.63, 3.8) is 0 Å². The van der Waals surface area contributed by atoms with E-state index in [0.29, 0.717) is 42.3 Å². The molecular weight excluding hydrogens is 678 g/mol. The highest BCUT2D eigenvalue weighted by atomic mass is 19.1. The predicted molar refractivity (Wildman–Crippen MR) is 221 cm³/mol. The molecule has 0 bridgehead atoms. The number of fused-ring (bicyclic) bond motifs is 7.